The SMILES string of the molecule is CCOc1c(C(C)n2nc(-c3cbccc3)c3c(N)ncnc32)cc(Cl)c(C)c1-c1ccc(C(=O)N(C)C)nc1. The van der Waals surface area contributed by atoms with Crippen molar-refractivity contribution in [3.63, 3.8) is 0 Å². The minimum atomic E-state index is -0.338. The van der Waals surface area contributed by atoms with E-state index in [2.05, 4.69) is 15.0 Å². The van der Waals surface area contributed by atoms with Gasteiger partial charge in [-0.2, -0.15) is 0 Å². The molecule has 11 heteroatoms. The molecule has 9 nitrogen and oxygen atoms in total. The van der Waals surface area contributed by atoms with Gasteiger partial charge in [0.2, 0.25) is 0 Å². The number of amides is 1. The Morgan fingerprint density at radius 1 is 1.20 bits per heavy atom. The van der Waals surface area contributed by atoms with E-state index in [0.29, 0.717) is 45.6 Å². The van der Waals surface area contributed by atoms with E-state index in [1.54, 1.807) is 26.4 Å². The molecule has 5 rings (SSSR count). The number of pyridine rings is 1. The number of aromatic nitrogens is 5. The third-order valence-electron chi connectivity index (χ3n) is 6.85. The van der Waals surface area contributed by atoms with Crippen LogP contribution in [0.25, 0.3) is 33.4 Å². The van der Waals surface area contributed by atoms with Crippen LogP contribution < -0.4 is 10.5 Å². The van der Waals surface area contributed by atoms with Gasteiger partial charge in [-0.15, -0.1) is 0 Å². The number of nitrogens with two attached hydrogens (primary N) is 1. The Kier molecular flexibility index (Phi) is 7.54. The van der Waals surface area contributed by atoms with Crippen molar-refractivity contribution in [3.8, 4) is 28.1 Å². The quantitative estimate of drug-likeness (QED) is 0.297. The zero-order valence-electron chi connectivity index (χ0n) is 23.0. The summed E-state index contributed by atoms with van der Waals surface area (Å²) in [6, 6.07) is 9.08. The average Bonchev–Trinajstić information content (AvgIpc) is 3.36. The maximum atomic E-state index is 12.4. The first-order valence-electron chi connectivity index (χ1n) is 12.9. The van der Waals surface area contributed by atoms with E-state index < -0.39 is 0 Å². The minimum absolute atomic E-state index is 0.172. The second kappa shape index (κ2) is 11.1. The summed E-state index contributed by atoms with van der Waals surface area (Å²) in [7, 11) is 3.39. The van der Waals surface area contributed by atoms with Gasteiger partial charge in [-0.25, -0.2) is 0 Å². The van der Waals surface area contributed by atoms with Gasteiger partial charge in [-0.05, 0) is 0 Å². The molecule has 1 amide bonds. The Balaban J connectivity index is 1.70. The topological polar surface area (TPSA) is 112 Å². The zero-order chi connectivity index (χ0) is 28.6. The van der Waals surface area contributed by atoms with Crippen molar-refractivity contribution < 1.29 is 9.53 Å². The zero-order valence-corrected chi connectivity index (χ0v) is 23.8. The number of nitrogen functional groups attached to an aromatic ring is 1. The van der Waals surface area contributed by atoms with Crippen LogP contribution in [0.15, 0.2) is 54.8 Å². The molecule has 0 radical (unpaired) electrons. The molecule has 2 N–H and O–H groups in total. The van der Waals surface area contributed by atoms with Gasteiger partial charge in [0.15, 0.2) is 0 Å². The van der Waals surface area contributed by atoms with Crippen LogP contribution in [-0.4, -0.2) is 63.2 Å². The van der Waals surface area contributed by atoms with E-state index in [4.69, 9.17) is 27.2 Å². The molecule has 1 atom stereocenters. The molecule has 0 saturated carbocycles. The van der Waals surface area contributed by atoms with Gasteiger partial charge in [0.05, 0.1) is 0 Å². The van der Waals surface area contributed by atoms with Crippen molar-refractivity contribution in [2.45, 2.75) is 26.8 Å². The third kappa shape index (κ3) is 4.79. The number of fused-ring (bicyclic) bond motifs is 1. The van der Waals surface area contributed by atoms with Crippen molar-refractivity contribution >= 4 is 41.3 Å². The van der Waals surface area contributed by atoms with E-state index in [1.165, 1.54) is 11.2 Å². The summed E-state index contributed by atoms with van der Waals surface area (Å²) >= 11 is 6.83. The predicted octanol–water partition coefficient (Wildman–Crippen LogP) is 5.15. The van der Waals surface area contributed by atoms with Crippen molar-refractivity contribution in [2.24, 2.45) is 0 Å². The summed E-state index contributed by atoms with van der Waals surface area (Å²) in [6.07, 6.45) is 3.12. The molecular formula is C29H29BClN7O2. The number of carbonyl (C=O) groups is 1. The standard InChI is InChI=1S/C29H29BClN7O2/c1-6-40-26-20(12-21(31)16(2)23(26)19-9-10-22(33-14-19)29(39)37(4)5)17(3)38-28-24(27(32)34-15-35-28)25(36-38)18-8-7-11-30-13-18/h7-15,17H,6H2,1-5H3,(H2,32,34,35). The van der Waals surface area contributed by atoms with Crippen LogP contribution in [0, 0.1) is 6.92 Å². The first-order chi connectivity index (χ1) is 19.2. The van der Waals surface area contributed by atoms with E-state index >= 15 is 0 Å². The number of hydrogen-bond acceptors (Lipinski definition) is 7. The molecule has 4 aromatic heterocycles. The summed E-state index contributed by atoms with van der Waals surface area (Å²) in [4.78, 5) is 27.1. The molecule has 1 aromatic carbocycles. The number of halogens is 1. The van der Waals surface area contributed by atoms with Crippen LogP contribution in [0.4, 0.5) is 5.82 Å². The van der Waals surface area contributed by atoms with E-state index in [1.807, 2.05) is 68.6 Å². The van der Waals surface area contributed by atoms with E-state index in [9.17, 15) is 4.79 Å². The molecule has 0 saturated heterocycles. The molecule has 0 spiro atoms. The third-order valence-corrected chi connectivity index (χ3v) is 7.25. The van der Waals surface area contributed by atoms with Crippen LogP contribution in [0.3, 0.4) is 0 Å². The first-order valence-corrected chi connectivity index (χ1v) is 13.3. The molecule has 5 aromatic rings. The second-order valence-electron chi connectivity index (χ2n) is 9.63. The van der Waals surface area contributed by atoms with Gasteiger partial charge in [-0.3, -0.25) is 4.79 Å². The normalized spacial score (nSPS) is 11.8. The average molecular weight is 554 g/mol. The van der Waals surface area contributed by atoms with Crippen LogP contribution in [0.2, 0.25) is 5.02 Å². The number of rotatable bonds is 7. The summed E-state index contributed by atoms with van der Waals surface area (Å²) in [5.41, 5.74) is 12.2. The predicted molar refractivity (Wildman–Crippen MR) is 159 cm³/mol. The number of anilines is 1. The molecule has 0 fully saturated rings. The van der Waals surface area contributed by atoms with Gasteiger partial charge < -0.3 is 4.90 Å². The Hall–Kier alpha value is -4.31. The maximum absolute atomic E-state index is 12.4. The van der Waals surface area contributed by atoms with Crippen LogP contribution in [-0.2, 0) is 0 Å². The number of carbonyl (C=O) groups excluding carboxylic acids is 1. The van der Waals surface area contributed by atoms with Gasteiger partial charge in [0.1, 0.15) is 5.69 Å². The van der Waals surface area contributed by atoms with Crippen molar-refractivity contribution in [2.75, 3.05) is 26.4 Å². The number of hydrogen-bond donors (Lipinski definition) is 1. The molecular weight excluding hydrogens is 525 g/mol. The first kappa shape index (κ1) is 27.3. The number of ether oxygens (including phenoxy) is 1. The molecule has 0 aliphatic heterocycles. The Morgan fingerprint density at radius 2 is 2.00 bits per heavy atom. The summed E-state index contributed by atoms with van der Waals surface area (Å²) in [5, 5.41) is 6.24. The summed E-state index contributed by atoms with van der Waals surface area (Å²) in [6.45, 7) is 8.28. The summed E-state index contributed by atoms with van der Waals surface area (Å²) in [5.74, 6) is 4.78. The Labute approximate surface area is 238 Å². The van der Waals surface area contributed by atoms with E-state index in [-0.39, 0.29) is 11.9 Å². The second-order valence-corrected chi connectivity index (χ2v) is 10.0. The molecule has 0 aliphatic carbocycles. The van der Waals surface area contributed by atoms with Gasteiger partial charge in [0, 0.05) is 14.1 Å². The fourth-order valence-corrected chi connectivity index (χ4v) is 5.01. The van der Waals surface area contributed by atoms with Gasteiger partial charge in [-0.1, -0.05) is 0 Å². The molecule has 0 aliphatic rings. The van der Waals surface area contributed by atoms with Crippen LogP contribution in [0.5, 0.6) is 5.75 Å². The van der Waals surface area contributed by atoms with Crippen molar-refractivity contribution in [1.29, 1.82) is 0 Å². The Morgan fingerprint density at radius 3 is 2.65 bits per heavy atom. The fourth-order valence-electron chi connectivity index (χ4n) is 4.79. The summed E-state index contributed by atoms with van der Waals surface area (Å²) < 4.78 is 8.12. The number of benzene rings is 1. The van der Waals surface area contributed by atoms with Gasteiger partial charge >= 0.3 is 203 Å². The monoisotopic (exact) mass is 553 g/mol. The number of nitrogens with zero attached hydrogens (tertiary/aromatic N) is 6. The van der Waals surface area contributed by atoms with E-state index in [0.717, 1.165) is 27.8 Å². The van der Waals surface area contributed by atoms with Crippen LogP contribution in [0.1, 0.15) is 41.5 Å². The fraction of sp³-hybridized carbons (Fsp3) is 0.241. The van der Waals surface area contributed by atoms with Gasteiger partial charge in [0.25, 0.3) is 5.91 Å². The van der Waals surface area contributed by atoms with Crippen molar-refractivity contribution in [1.82, 2.24) is 29.6 Å². The molecule has 1 unspecified atom stereocenters. The molecule has 202 valence electrons. The molecule has 4 heterocycles. The van der Waals surface area contributed by atoms with Crippen LogP contribution >= 0.6 is 11.6 Å². The molecule has 40 heavy (non-hydrogen) atoms. The Bertz CT molecular complexity index is 1710. The van der Waals surface area contributed by atoms with Crippen molar-refractivity contribution in [3.05, 3.63) is 76.6 Å². The molecule has 0 bridgehead atoms.